The lowest BCUT2D eigenvalue weighted by molar-refractivity contribution is 0.0529. The summed E-state index contributed by atoms with van der Waals surface area (Å²) in [6, 6.07) is 0. The molecule has 0 saturated heterocycles. The van der Waals surface area contributed by atoms with Gasteiger partial charge in [-0.2, -0.15) is 0 Å². The van der Waals surface area contributed by atoms with Gasteiger partial charge in [0.25, 0.3) is 0 Å². The Kier molecular flexibility index (Phi) is 15.4. The van der Waals surface area contributed by atoms with Gasteiger partial charge in [0.15, 0.2) is 5.96 Å². The molecule has 0 rings (SSSR count). The van der Waals surface area contributed by atoms with Crippen LogP contribution in [0.2, 0.25) is 0 Å². The largest absolute Gasteiger partial charge is 0.444 e. The van der Waals surface area contributed by atoms with Crippen LogP contribution in [0.15, 0.2) is 4.99 Å². The summed E-state index contributed by atoms with van der Waals surface area (Å²) in [6.45, 7) is 9.81. The summed E-state index contributed by atoms with van der Waals surface area (Å²) in [6.07, 6.45) is -0.415. The van der Waals surface area contributed by atoms with Gasteiger partial charge in [0.05, 0.1) is 6.61 Å². The number of carbonyl (C=O) groups excluding carboxylic acids is 1. The van der Waals surface area contributed by atoms with Crippen molar-refractivity contribution in [2.75, 3.05) is 60.5 Å². The fraction of sp³-hybridized carbons (Fsp3) is 0.867. The highest BCUT2D eigenvalue weighted by molar-refractivity contribution is 14.0. The van der Waals surface area contributed by atoms with Crippen LogP contribution in [0, 0.1) is 0 Å². The van der Waals surface area contributed by atoms with Gasteiger partial charge in [0, 0.05) is 46.9 Å². The molecule has 0 bridgehead atoms. The average Bonchev–Trinajstić information content (AvgIpc) is 2.45. The zero-order chi connectivity index (χ0) is 17.7. The number of nitrogens with one attached hydrogen (secondary N) is 3. The van der Waals surface area contributed by atoms with Crippen molar-refractivity contribution in [1.82, 2.24) is 20.9 Å². The number of likely N-dealkylation sites (N-methyl/N-ethyl adjacent to an activating group) is 1. The van der Waals surface area contributed by atoms with Gasteiger partial charge in [-0.25, -0.2) is 4.79 Å². The van der Waals surface area contributed by atoms with Crippen LogP contribution in [0.25, 0.3) is 0 Å². The molecule has 1 amide bonds. The second kappa shape index (κ2) is 14.5. The van der Waals surface area contributed by atoms with Crippen molar-refractivity contribution in [3.05, 3.63) is 0 Å². The third kappa shape index (κ3) is 16.1. The highest BCUT2D eigenvalue weighted by Gasteiger charge is 2.15. The van der Waals surface area contributed by atoms with Gasteiger partial charge in [-0.15, -0.1) is 24.0 Å². The monoisotopic (exact) mass is 459 g/mol. The molecule has 0 aliphatic heterocycles. The van der Waals surface area contributed by atoms with Crippen LogP contribution in [-0.2, 0) is 9.47 Å². The van der Waals surface area contributed by atoms with Gasteiger partial charge in [0.2, 0.25) is 0 Å². The Morgan fingerprint density at radius 3 is 2.21 bits per heavy atom. The Bertz CT molecular complexity index is 362. The van der Waals surface area contributed by atoms with Gasteiger partial charge >= 0.3 is 6.09 Å². The van der Waals surface area contributed by atoms with Crippen LogP contribution >= 0.6 is 24.0 Å². The molecule has 0 spiro atoms. The Hall–Kier alpha value is -0.810. The molecule has 0 unspecified atom stereocenters. The van der Waals surface area contributed by atoms with Crippen molar-refractivity contribution in [2.45, 2.75) is 26.4 Å². The van der Waals surface area contributed by atoms with Crippen LogP contribution in [0.5, 0.6) is 0 Å². The summed E-state index contributed by atoms with van der Waals surface area (Å²) in [5.41, 5.74) is -0.482. The molecule has 8 nitrogen and oxygen atoms in total. The van der Waals surface area contributed by atoms with E-state index in [1.165, 1.54) is 0 Å². The molecule has 0 saturated carbocycles. The number of alkyl carbamates (subject to hydrolysis) is 1. The fourth-order valence-corrected chi connectivity index (χ4v) is 1.60. The van der Waals surface area contributed by atoms with E-state index < -0.39 is 11.7 Å². The predicted octanol–water partition coefficient (Wildman–Crippen LogP) is 0.872. The number of aliphatic imine (C=N–C) groups is 1. The minimum absolute atomic E-state index is 0. The molecule has 9 heteroatoms. The molecule has 0 aromatic rings. The number of halogens is 1. The molecule has 0 radical (unpaired) electrons. The average molecular weight is 459 g/mol. The molecule has 0 aromatic heterocycles. The van der Waals surface area contributed by atoms with Gasteiger partial charge in [0.1, 0.15) is 5.60 Å². The molecule has 0 aliphatic carbocycles. The van der Waals surface area contributed by atoms with E-state index in [1.807, 2.05) is 27.8 Å². The minimum atomic E-state index is -0.482. The molecule has 144 valence electrons. The summed E-state index contributed by atoms with van der Waals surface area (Å²) in [4.78, 5) is 17.8. The number of ether oxygens (including phenoxy) is 2. The number of hydrogen-bond acceptors (Lipinski definition) is 5. The number of amides is 1. The lowest BCUT2D eigenvalue weighted by Crippen LogP contribution is -2.44. The van der Waals surface area contributed by atoms with Gasteiger partial charge in [-0.05, 0) is 27.8 Å². The molecule has 0 heterocycles. The molecule has 0 aliphatic rings. The first-order valence-electron chi connectivity index (χ1n) is 7.87. The number of hydrogen-bond donors (Lipinski definition) is 3. The summed E-state index contributed by atoms with van der Waals surface area (Å²) in [7, 11) is 5.45. The van der Waals surface area contributed by atoms with E-state index in [0.717, 1.165) is 26.2 Å². The van der Waals surface area contributed by atoms with E-state index in [1.54, 1.807) is 14.2 Å². The van der Waals surface area contributed by atoms with Crippen LogP contribution in [-0.4, -0.2) is 83.1 Å². The Morgan fingerprint density at radius 1 is 1.08 bits per heavy atom. The Morgan fingerprint density at radius 2 is 1.67 bits per heavy atom. The number of rotatable bonds is 9. The molecular weight excluding hydrogens is 425 g/mol. The summed E-state index contributed by atoms with van der Waals surface area (Å²) in [5, 5.41) is 9.03. The van der Waals surface area contributed by atoms with Crippen LogP contribution in [0.3, 0.4) is 0 Å². The quantitative estimate of drug-likeness (QED) is 0.205. The van der Waals surface area contributed by atoms with Gasteiger partial charge < -0.3 is 30.3 Å². The molecule has 0 atom stereocenters. The SMILES string of the molecule is CN=C(NCCNC(=O)OC(C)(C)C)NCCN(C)CCOC.I. The molecule has 24 heavy (non-hydrogen) atoms. The molecule has 0 aromatic carbocycles. The van der Waals surface area contributed by atoms with Gasteiger partial charge in [-0.3, -0.25) is 4.99 Å². The third-order valence-electron chi connectivity index (χ3n) is 2.77. The maximum Gasteiger partial charge on any atom is 0.407 e. The summed E-state index contributed by atoms with van der Waals surface area (Å²) in [5.74, 6) is 0.705. The first-order valence-corrected chi connectivity index (χ1v) is 7.87. The minimum Gasteiger partial charge on any atom is -0.444 e. The highest BCUT2D eigenvalue weighted by atomic mass is 127. The van der Waals surface area contributed by atoms with E-state index in [4.69, 9.17) is 9.47 Å². The molecule has 0 fully saturated rings. The van der Waals surface area contributed by atoms with Crippen molar-refractivity contribution in [3.8, 4) is 0 Å². The second-order valence-corrected chi connectivity index (χ2v) is 6.15. The standard InChI is InChI=1S/C15H33N5O3.HI/c1-15(2,3)23-14(21)19-8-7-17-13(16-4)18-9-10-20(5)11-12-22-6;/h7-12H2,1-6H3,(H,19,21)(H2,16,17,18);1H. The zero-order valence-electron chi connectivity index (χ0n) is 15.8. The smallest absolute Gasteiger partial charge is 0.407 e. The normalized spacial score (nSPS) is 11.7. The highest BCUT2D eigenvalue weighted by Crippen LogP contribution is 2.05. The van der Waals surface area contributed by atoms with Crippen LogP contribution < -0.4 is 16.0 Å². The predicted molar refractivity (Wildman–Crippen MR) is 108 cm³/mol. The number of nitrogens with zero attached hydrogens (tertiary/aromatic N) is 2. The number of methoxy groups -OCH3 is 1. The molecular formula is C15H34IN5O3. The van der Waals surface area contributed by atoms with Crippen molar-refractivity contribution in [2.24, 2.45) is 4.99 Å². The van der Waals surface area contributed by atoms with E-state index in [0.29, 0.717) is 19.0 Å². The third-order valence-corrected chi connectivity index (χ3v) is 2.77. The van der Waals surface area contributed by atoms with Crippen molar-refractivity contribution >= 4 is 36.0 Å². The lowest BCUT2D eigenvalue weighted by Gasteiger charge is -2.20. The fourth-order valence-electron chi connectivity index (χ4n) is 1.60. The van der Waals surface area contributed by atoms with Crippen LogP contribution in [0.4, 0.5) is 4.79 Å². The van der Waals surface area contributed by atoms with Crippen molar-refractivity contribution < 1.29 is 14.3 Å². The number of guanidine groups is 1. The summed E-state index contributed by atoms with van der Waals surface area (Å²) < 4.78 is 10.2. The second-order valence-electron chi connectivity index (χ2n) is 6.15. The van der Waals surface area contributed by atoms with E-state index in [2.05, 4.69) is 25.8 Å². The maximum absolute atomic E-state index is 11.5. The van der Waals surface area contributed by atoms with E-state index >= 15 is 0 Å². The van der Waals surface area contributed by atoms with Crippen molar-refractivity contribution in [1.29, 1.82) is 0 Å². The summed E-state index contributed by atoms with van der Waals surface area (Å²) >= 11 is 0. The topological polar surface area (TPSA) is 87.2 Å². The van der Waals surface area contributed by atoms with Crippen LogP contribution in [0.1, 0.15) is 20.8 Å². The zero-order valence-corrected chi connectivity index (χ0v) is 18.1. The van der Waals surface area contributed by atoms with Crippen molar-refractivity contribution in [3.63, 3.8) is 0 Å². The number of carbonyl (C=O) groups is 1. The first kappa shape index (κ1) is 25.4. The Labute approximate surface area is 163 Å². The van der Waals surface area contributed by atoms with E-state index in [-0.39, 0.29) is 24.0 Å². The first-order chi connectivity index (χ1) is 10.8. The van der Waals surface area contributed by atoms with E-state index in [9.17, 15) is 4.79 Å². The molecule has 3 N–H and O–H groups in total. The van der Waals surface area contributed by atoms with Gasteiger partial charge in [-0.1, -0.05) is 0 Å². The Balaban J connectivity index is 0. The lowest BCUT2D eigenvalue weighted by atomic mass is 10.2. The maximum atomic E-state index is 11.5.